The van der Waals surface area contributed by atoms with Gasteiger partial charge in [0.15, 0.2) is 0 Å². The molecule has 0 aliphatic carbocycles. The smallest absolute Gasteiger partial charge is 0.208 e. The van der Waals surface area contributed by atoms with E-state index in [0.717, 1.165) is 4.80 Å². The second-order valence-corrected chi connectivity index (χ2v) is 3.55. The van der Waals surface area contributed by atoms with Crippen molar-refractivity contribution in [3.63, 3.8) is 0 Å². The lowest BCUT2D eigenvalue weighted by atomic mass is 10.3. The average Bonchev–Trinajstić information content (AvgIpc) is 2.44. The first-order valence-electron chi connectivity index (χ1n) is 3.61. The summed E-state index contributed by atoms with van der Waals surface area (Å²) in [5.41, 5.74) is 1.17. The SMILES string of the molecule is Cn1/c(=N/N)sc2ccccc21.O. The number of hydrogen-bond donors (Lipinski definition) is 1. The van der Waals surface area contributed by atoms with Crippen molar-refractivity contribution in [1.29, 1.82) is 0 Å². The van der Waals surface area contributed by atoms with E-state index in [9.17, 15) is 0 Å². The number of benzene rings is 1. The minimum Gasteiger partial charge on any atom is -0.412 e. The predicted molar refractivity (Wildman–Crippen MR) is 54.2 cm³/mol. The summed E-state index contributed by atoms with van der Waals surface area (Å²) in [7, 11) is 1.96. The minimum atomic E-state index is 0. The third kappa shape index (κ3) is 1.43. The highest BCUT2D eigenvalue weighted by molar-refractivity contribution is 7.16. The first-order chi connectivity index (χ1) is 5.83. The van der Waals surface area contributed by atoms with Crippen molar-refractivity contribution < 1.29 is 5.48 Å². The van der Waals surface area contributed by atoms with Gasteiger partial charge >= 0.3 is 0 Å². The van der Waals surface area contributed by atoms with Gasteiger partial charge in [-0.2, -0.15) is 5.10 Å². The summed E-state index contributed by atoms with van der Waals surface area (Å²) in [5.74, 6) is 5.23. The molecule has 0 bridgehead atoms. The molecule has 4 N–H and O–H groups in total. The number of nitrogens with two attached hydrogens (primary N) is 1. The molecule has 0 aliphatic heterocycles. The summed E-state index contributed by atoms with van der Waals surface area (Å²) in [4.78, 5) is 0.844. The van der Waals surface area contributed by atoms with E-state index in [1.54, 1.807) is 11.3 Å². The normalized spacial score (nSPS) is 11.6. The van der Waals surface area contributed by atoms with Crippen molar-refractivity contribution in [2.24, 2.45) is 18.0 Å². The third-order valence-electron chi connectivity index (χ3n) is 1.83. The van der Waals surface area contributed by atoms with Crippen LogP contribution in [0.4, 0.5) is 0 Å². The Morgan fingerprint density at radius 3 is 2.69 bits per heavy atom. The number of para-hydroxylation sites is 1. The molecule has 0 aliphatic rings. The van der Waals surface area contributed by atoms with Crippen LogP contribution in [0.5, 0.6) is 0 Å². The summed E-state index contributed by atoms with van der Waals surface area (Å²) in [6.45, 7) is 0. The molecule has 5 heteroatoms. The van der Waals surface area contributed by atoms with Gasteiger partial charge in [-0.3, -0.25) is 0 Å². The van der Waals surface area contributed by atoms with Crippen LogP contribution in [0.15, 0.2) is 29.4 Å². The molecule has 0 saturated heterocycles. The number of thiazole rings is 1. The van der Waals surface area contributed by atoms with Crippen LogP contribution >= 0.6 is 11.3 Å². The number of hydrogen-bond acceptors (Lipinski definition) is 3. The fourth-order valence-electron chi connectivity index (χ4n) is 1.20. The van der Waals surface area contributed by atoms with E-state index in [0.29, 0.717) is 0 Å². The van der Waals surface area contributed by atoms with Crippen molar-refractivity contribution in [1.82, 2.24) is 4.57 Å². The fraction of sp³-hybridized carbons (Fsp3) is 0.125. The lowest BCUT2D eigenvalue weighted by Crippen LogP contribution is -2.11. The van der Waals surface area contributed by atoms with Gasteiger partial charge in [0.05, 0.1) is 10.2 Å². The molecule has 1 aromatic heterocycles. The summed E-state index contributed by atoms with van der Waals surface area (Å²) >= 11 is 1.60. The van der Waals surface area contributed by atoms with Crippen LogP contribution in [-0.4, -0.2) is 10.0 Å². The highest BCUT2D eigenvalue weighted by Gasteiger charge is 1.99. The van der Waals surface area contributed by atoms with Crippen LogP contribution in [0.3, 0.4) is 0 Å². The van der Waals surface area contributed by atoms with Crippen molar-refractivity contribution in [2.45, 2.75) is 0 Å². The molecular weight excluding hydrogens is 186 g/mol. The van der Waals surface area contributed by atoms with Crippen LogP contribution in [0, 0.1) is 0 Å². The Bertz CT molecular complexity index is 471. The van der Waals surface area contributed by atoms with E-state index >= 15 is 0 Å². The molecule has 0 saturated carbocycles. The third-order valence-corrected chi connectivity index (χ3v) is 2.95. The number of nitrogens with zero attached hydrogens (tertiary/aromatic N) is 2. The molecule has 0 atom stereocenters. The molecule has 0 fully saturated rings. The van der Waals surface area contributed by atoms with E-state index in [2.05, 4.69) is 17.2 Å². The molecule has 1 heterocycles. The van der Waals surface area contributed by atoms with Gasteiger partial charge in [0, 0.05) is 7.05 Å². The van der Waals surface area contributed by atoms with Crippen molar-refractivity contribution in [3.05, 3.63) is 29.1 Å². The van der Waals surface area contributed by atoms with Crippen molar-refractivity contribution in [3.8, 4) is 0 Å². The Hall–Kier alpha value is -1.33. The molecular formula is C8H11N3OS. The second-order valence-electron chi connectivity index (χ2n) is 2.54. The maximum Gasteiger partial charge on any atom is 0.208 e. The fourth-order valence-corrected chi connectivity index (χ4v) is 2.14. The van der Waals surface area contributed by atoms with Gasteiger partial charge in [-0.1, -0.05) is 23.5 Å². The topological polar surface area (TPSA) is 74.8 Å². The monoisotopic (exact) mass is 197 g/mol. The standard InChI is InChI=1S/C8H9N3S.H2O/c1-11-6-4-2-3-5-7(6)12-8(11)10-9;/h2-5H,9H2,1H3;1H2/b10-8-;. The molecule has 4 nitrogen and oxygen atoms in total. The zero-order valence-corrected chi connectivity index (χ0v) is 8.01. The van der Waals surface area contributed by atoms with Crippen LogP contribution in [-0.2, 0) is 7.05 Å². The van der Waals surface area contributed by atoms with E-state index in [1.165, 1.54) is 10.2 Å². The van der Waals surface area contributed by atoms with Gasteiger partial charge in [-0.25, -0.2) is 0 Å². The van der Waals surface area contributed by atoms with Gasteiger partial charge in [0.25, 0.3) is 0 Å². The highest BCUT2D eigenvalue weighted by atomic mass is 32.1. The predicted octanol–water partition coefficient (Wildman–Crippen LogP) is 0.189. The van der Waals surface area contributed by atoms with Gasteiger partial charge in [-0.15, -0.1) is 0 Å². The van der Waals surface area contributed by atoms with E-state index in [4.69, 9.17) is 5.84 Å². The first-order valence-corrected chi connectivity index (χ1v) is 4.43. The van der Waals surface area contributed by atoms with Gasteiger partial charge < -0.3 is 15.9 Å². The zero-order valence-electron chi connectivity index (χ0n) is 7.19. The van der Waals surface area contributed by atoms with Gasteiger partial charge in [-0.05, 0) is 12.1 Å². The number of aromatic nitrogens is 1. The molecule has 1 aromatic carbocycles. The highest BCUT2D eigenvalue weighted by Crippen LogP contribution is 2.14. The first kappa shape index (κ1) is 9.76. The zero-order chi connectivity index (χ0) is 8.55. The number of fused-ring (bicyclic) bond motifs is 1. The summed E-state index contributed by atoms with van der Waals surface area (Å²) in [5, 5.41) is 3.69. The second kappa shape index (κ2) is 3.59. The molecule has 13 heavy (non-hydrogen) atoms. The van der Waals surface area contributed by atoms with Crippen molar-refractivity contribution >= 4 is 21.6 Å². The van der Waals surface area contributed by atoms with Crippen molar-refractivity contribution in [2.75, 3.05) is 0 Å². The van der Waals surface area contributed by atoms with Gasteiger partial charge in [0.1, 0.15) is 0 Å². The van der Waals surface area contributed by atoms with E-state index < -0.39 is 0 Å². The van der Waals surface area contributed by atoms with Crippen LogP contribution in [0.25, 0.3) is 10.2 Å². The largest absolute Gasteiger partial charge is 0.412 e. The lowest BCUT2D eigenvalue weighted by Gasteiger charge is -1.91. The molecule has 0 amide bonds. The molecule has 2 rings (SSSR count). The molecule has 0 unspecified atom stereocenters. The number of rotatable bonds is 0. The quantitative estimate of drug-likeness (QED) is 0.475. The van der Waals surface area contributed by atoms with E-state index in [1.807, 2.05) is 23.7 Å². The Morgan fingerprint density at radius 1 is 1.38 bits per heavy atom. The van der Waals surface area contributed by atoms with Gasteiger partial charge in [0.2, 0.25) is 4.80 Å². The molecule has 70 valence electrons. The Balaban J connectivity index is 0.000000845. The molecule has 2 aromatic rings. The van der Waals surface area contributed by atoms with Crippen LogP contribution < -0.4 is 10.6 Å². The van der Waals surface area contributed by atoms with Crippen LogP contribution in [0.1, 0.15) is 0 Å². The summed E-state index contributed by atoms with van der Waals surface area (Å²) in [6.07, 6.45) is 0. The Kier molecular flexibility index (Phi) is 2.69. The maximum absolute atomic E-state index is 5.23. The summed E-state index contributed by atoms with van der Waals surface area (Å²) in [6, 6.07) is 8.14. The molecule has 0 spiro atoms. The minimum absolute atomic E-state index is 0. The van der Waals surface area contributed by atoms with E-state index in [-0.39, 0.29) is 5.48 Å². The average molecular weight is 197 g/mol. The summed E-state index contributed by atoms with van der Waals surface area (Å²) < 4.78 is 3.20. The lowest BCUT2D eigenvalue weighted by molar-refractivity contribution is 0.824. The Labute approximate surface area is 79.2 Å². The van der Waals surface area contributed by atoms with Crippen LogP contribution in [0.2, 0.25) is 0 Å². The molecule has 0 radical (unpaired) electrons. The maximum atomic E-state index is 5.23. The Morgan fingerprint density at radius 2 is 2.08 bits per heavy atom. The number of aryl methyl sites for hydroxylation is 1.